The maximum atomic E-state index is 13.5. The van der Waals surface area contributed by atoms with Crippen LogP contribution in [0, 0.1) is 5.82 Å². The molecule has 106 valence electrons. The van der Waals surface area contributed by atoms with Crippen LogP contribution in [0.3, 0.4) is 0 Å². The Kier molecular flexibility index (Phi) is 3.17. The molecule has 1 aliphatic rings. The largest absolute Gasteiger partial charge is 0.494 e. The highest BCUT2D eigenvalue weighted by Gasteiger charge is 2.29. The molecule has 0 amide bonds. The number of aromatic amines is 1. The summed E-state index contributed by atoms with van der Waals surface area (Å²) in [5.41, 5.74) is 5.85. The highest BCUT2D eigenvalue weighted by atomic mass is 32.2. The zero-order valence-corrected chi connectivity index (χ0v) is 11.5. The minimum absolute atomic E-state index is 0.109. The van der Waals surface area contributed by atoms with E-state index in [2.05, 4.69) is 10.2 Å². The van der Waals surface area contributed by atoms with E-state index in [9.17, 15) is 9.18 Å². The number of nitrogens with one attached hydrogen (secondary N) is 1. The quantitative estimate of drug-likeness (QED) is 0.840. The van der Waals surface area contributed by atoms with Gasteiger partial charge in [-0.1, -0.05) is 0 Å². The van der Waals surface area contributed by atoms with Gasteiger partial charge >= 0.3 is 5.69 Å². The van der Waals surface area contributed by atoms with Crippen molar-refractivity contribution in [1.82, 2.24) is 14.8 Å². The standard InChI is InChI=1S/C12H13FN4O2S/c1-19-9-5-10(8(14)4-7(9)13)20-12-16-15-11(18)17(12)6-2-3-6/h4-6H,2-3,14H2,1H3,(H,15,18). The third-order valence-electron chi connectivity index (χ3n) is 3.07. The number of hydrogen-bond acceptors (Lipinski definition) is 5. The Hall–Kier alpha value is -1.96. The molecule has 3 N–H and O–H groups in total. The highest BCUT2D eigenvalue weighted by molar-refractivity contribution is 7.99. The van der Waals surface area contributed by atoms with E-state index in [-0.39, 0.29) is 23.2 Å². The number of benzene rings is 1. The van der Waals surface area contributed by atoms with E-state index in [0.29, 0.717) is 10.1 Å². The molecule has 1 aliphatic carbocycles. The summed E-state index contributed by atoms with van der Waals surface area (Å²) in [6.07, 6.45) is 1.93. The van der Waals surface area contributed by atoms with Crippen molar-refractivity contribution in [1.29, 1.82) is 0 Å². The lowest BCUT2D eigenvalue weighted by atomic mass is 10.3. The summed E-state index contributed by atoms with van der Waals surface area (Å²) >= 11 is 1.22. The highest BCUT2D eigenvalue weighted by Crippen LogP contribution is 2.40. The van der Waals surface area contributed by atoms with Crippen LogP contribution in [0.25, 0.3) is 0 Å². The van der Waals surface area contributed by atoms with Crippen LogP contribution in [0.2, 0.25) is 0 Å². The van der Waals surface area contributed by atoms with Gasteiger partial charge in [0.25, 0.3) is 0 Å². The van der Waals surface area contributed by atoms with Crippen molar-refractivity contribution in [3.63, 3.8) is 0 Å². The molecule has 0 aliphatic heterocycles. The number of halogens is 1. The van der Waals surface area contributed by atoms with Gasteiger partial charge in [0.2, 0.25) is 0 Å². The topological polar surface area (TPSA) is 85.9 Å². The maximum Gasteiger partial charge on any atom is 0.344 e. The van der Waals surface area contributed by atoms with Crippen LogP contribution in [-0.4, -0.2) is 21.9 Å². The summed E-state index contributed by atoms with van der Waals surface area (Å²) in [6.45, 7) is 0. The van der Waals surface area contributed by atoms with Crippen LogP contribution in [0.1, 0.15) is 18.9 Å². The summed E-state index contributed by atoms with van der Waals surface area (Å²) in [6, 6.07) is 2.91. The number of aromatic nitrogens is 3. The van der Waals surface area contributed by atoms with E-state index in [1.807, 2.05) is 0 Å². The van der Waals surface area contributed by atoms with E-state index >= 15 is 0 Å². The molecule has 20 heavy (non-hydrogen) atoms. The van der Waals surface area contributed by atoms with Gasteiger partial charge in [0, 0.05) is 22.7 Å². The number of ether oxygens (including phenoxy) is 1. The molecule has 1 heterocycles. The first kappa shape index (κ1) is 13.0. The third kappa shape index (κ3) is 2.26. The fourth-order valence-electron chi connectivity index (χ4n) is 1.91. The average molecular weight is 296 g/mol. The second-order valence-corrected chi connectivity index (χ2v) is 5.55. The number of nitrogens with two attached hydrogens (primary N) is 1. The van der Waals surface area contributed by atoms with Crippen molar-refractivity contribution in [3.05, 3.63) is 28.4 Å². The Morgan fingerprint density at radius 1 is 1.55 bits per heavy atom. The molecular weight excluding hydrogens is 283 g/mol. The van der Waals surface area contributed by atoms with Crippen molar-refractivity contribution in [2.24, 2.45) is 0 Å². The Morgan fingerprint density at radius 3 is 2.95 bits per heavy atom. The Morgan fingerprint density at radius 2 is 2.30 bits per heavy atom. The predicted octanol–water partition coefficient (Wildman–Crippen LogP) is 1.79. The molecular formula is C12H13FN4O2S. The molecule has 0 atom stereocenters. The van der Waals surface area contributed by atoms with Gasteiger partial charge in [0.1, 0.15) is 0 Å². The molecule has 1 fully saturated rings. The second-order valence-electron chi connectivity index (χ2n) is 4.54. The number of anilines is 1. The first-order valence-corrected chi connectivity index (χ1v) is 6.89. The van der Waals surface area contributed by atoms with Gasteiger partial charge in [-0.3, -0.25) is 4.57 Å². The van der Waals surface area contributed by atoms with Crippen molar-refractivity contribution < 1.29 is 9.13 Å². The van der Waals surface area contributed by atoms with Crippen LogP contribution in [-0.2, 0) is 0 Å². The molecule has 0 unspecified atom stereocenters. The number of nitrogen functional groups attached to an aromatic ring is 1. The van der Waals surface area contributed by atoms with Crippen molar-refractivity contribution in [2.75, 3.05) is 12.8 Å². The Balaban J connectivity index is 1.97. The van der Waals surface area contributed by atoms with E-state index in [1.165, 1.54) is 31.0 Å². The maximum absolute atomic E-state index is 13.5. The molecule has 3 rings (SSSR count). The molecule has 1 aromatic carbocycles. The predicted molar refractivity (Wildman–Crippen MR) is 72.6 cm³/mol. The molecule has 0 bridgehead atoms. The van der Waals surface area contributed by atoms with Crippen molar-refractivity contribution in [2.45, 2.75) is 28.9 Å². The smallest absolute Gasteiger partial charge is 0.344 e. The summed E-state index contributed by atoms with van der Waals surface area (Å²) in [5, 5.41) is 6.94. The number of hydrogen-bond donors (Lipinski definition) is 2. The molecule has 2 aromatic rings. The van der Waals surface area contributed by atoms with E-state index < -0.39 is 5.82 Å². The van der Waals surface area contributed by atoms with Gasteiger partial charge in [0.15, 0.2) is 16.7 Å². The number of methoxy groups -OCH3 is 1. The summed E-state index contributed by atoms with van der Waals surface area (Å²) in [7, 11) is 1.39. The molecule has 8 heteroatoms. The average Bonchev–Trinajstić information content (AvgIpc) is 3.18. The van der Waals surface area contributed by atoms with Gasteiger partial charge in [-0.05, 0) is 30.7 Å². The second kappa shape index (κ2) is 4.86. The summed E-state index contributed by atoms with van der Waals surface area (Å²) in [4.78, 5) is 12.3. The van der Waals surface area contributed by atoms with Gasteiger partial charge in [0.05, 0.1) is 7.11 Å². The van der Waals surface area contributed by atoms with E-state index in [4.69, 9.17) is 10.5 Å². The fraction of sp³-hybridized carbons (Fsp3) is 0.333. The van der Waals surface area contributed by atoms with Gasteiger partial charge in [-0.25, -0.2) is 14.3 Å². The first-order valence-electron chi connectivity index (χ1n) is 6.08. The van der Waals surface area contributed by atoms with Crippen molar-refractivity contribution in [3.8, 4) is 5.75 Å². The SMILES string of the molecule is COc1cc(Sc2n[nH]c(=O)n2C2CC2)c(N)cc1F. The van der Waals surface area contributed by atoms with Crippen molar-refractivity contribution >= 4 is 17.4 Å². The van der Waals surface area contributed by atoms with Crippen LogP contribution >= 0.6 is 11.8 Å². The zero-order chi connectivity index (χ0) is 14.3. The first-order chi connectivity index (χ1) is 9.60. The normalized spacial score (nSPS) is 14.5. The Bertz CT molecular complexity index is 708. The minimum atomic E-state index is -0.518. The minimum Gasteiger partial charge on any atom is -0.494 e. The number of H-pyrrole nitrogens is 1. The van der Waals surface area contributed by atoms with Gasteiger partial charge in [-0.2, -0.15) is 0 Å². The molecule has 0 radical (unpaired) electrons. The molecule has 6 nitrogen and oxygen atoms in total. The van der Waals surface area contributed by atoms with E-state index in [0.717, 1.165) is 12.8 Å². The molecule has 0 spiro atoms. The van der Waals surface area contributed by atoms with Gasteiger partial charge in [-0.15, -0.1) is 5.10 Å². The zero-order valence-electron chi connectivity index (χ0n) is 10.7. The monoisotopic (exact) mass is 296 g/mol. The lowest BCUT2D eigenvalue weighted by molar-refractivity contribution is 0.385. The fourth-order valence-corrected chi connectivity index (χ4v) is 2.87. The van der Waals surface area contributed by atoms with Crippen LogP contribution in [0.5, 0.6) is 5.75 Å². The summed E-state index contributed by atoms with van der Waals surface area (Å²) < 4.78 is 20.0. The molecule has 1 aromatic heterocycles. The lowest BCUT2D eigenvalue weighted by Crippen LogP contribution is -2.16. The number of rotatable bonds is 4. The number of nitrogens with zero attached hydrogens (tertiary/aromatic N) is 2. The van der Waals surface area contributed by atoms with E-state index in [1.54, 1.807) is 4.57 Å². The van der Waals surface area contributed by atoms with Crippen LogP contribution in [0.15, 0.2) is 27.0 Å². The van der Waals surface area contributed by atoms with Crippen LogP contribution in [0.4, 0.5) is 10.1 Å². The Labute approximate surface area is 118 Å². The third-order valence-corrected chi connectivity index (χ3v) is 4.11. The summed E-state index contributed by atoms with van der Waals surface area (Å²) in [5.74, 6) is -0.409. The van der Waals surface area contributed by atoms with Gasteiger partial charge < -0.3 is 10.5 Å². The van der Waals surface area contributed by atoms with Crippen LogP contribution < -0.4 is 16.2 Å². The molecule has 0 saturated heterocycles. The molecule has 1 saturated carbocycles. The lowest BCUT2D eigenvalue weighted by Gasteiger charge is -2.09.